The molecule has 1 N–H and O–H groups in total. The Morgan fingerprint density at radius 3 is 2.63 bits per heavy atom. The van der Waals surface area contributed by atoms with Gasteiger partial charge in [-0.1, -0.05) is 6.07 Å². The van der Waals surface area contributed by atoms with Crippen LogP contribution in [0.2, 0.25) is 0 Å². The van der Waals surface area contributed by atoms with Crippen LogP contribution >= 0.6 is 0 Å². The van der Waals surface area contributed by atoms with Gasteiger partial charge in [0.2, 0.25) is 10.0 Å². The standard InChI is InChI=1S/C18H22N2O6S/c1-4-25-17(21)12-20(3)18(22)16-10-15(8-7-13(16)2)27(23,24)19-11-14-6-5-9-26-14/h5-10,19H,4,11-12H2,1-3H3. The topological polar surface area (TPSA) is 106 Å². The van der Waals surface area contributed by atoms with Crippen LogP contribution in [0.3, 0.4) is 0 Å². The van der Waals surface area contributed by atoms with Crippen LogP contribution in [-0.4, -0.2) is 45.4 Å². The van der Waals surface area contributed by atoms with E-state index in [1.807, 2.05) is 0 Å². The summed E-state index contributed by atoms with van der Waals surface area (Å²) >= 11 is 0. The zero-order valence-electron chi connectivity index (χ0n) is 15.4. The van der Waals surface area contributed by atoms with Crippen molar-refractivity contribution >= 4 is 21.9 Å². The highest BCUT2D eigenvalue weighted by Crippen LogP contribution is 2.18. The number of sulfonamides is 1. The van der Waals surface area contributed by atoms with Crippen molar-refractivity contribution in [3.05, 3.63) is 53.5 Å². The van der Waals surface area contributed by atoms with Crippen molar-refractivity contribution in [1.29, 1.82) is 0 Å². The predicted octanol–water partition coefficient (Wildman–Crippen LogP) is 1.70. The molecule has 8 nitrogen and oxygen atoms in total. The molecule has 1 amide bonds. The van der Waals surface area contributed by atoms with Crippen molar-refractivity contribution < 1.29 is 27.2 Å². The lowest BCUT2D eigenvalue weighted by Crippen LogP contribution is -2.33. The molecule has 0 aliphatic heterocycles. The van der Waals surface area contributed by atoms with Gasteiger partial charge in [0.15, 0.2) is 0 Å². The molecule has 0 fully saturated rings. The molecule has 0 bridgehead atoms. The Bertz CT molecular complexity index is 906. The van der Waals surface area contributed by atoms with Crippen LogP contribution in [0.25, 0.3) is 0 Å². The maximum absolute atomic E-state index is 12.6. The van der Waals surface area contributed by atoms with Gasteiger partial charge in [0.25, 0.3) is 5.91 Å². The van der Waals surface area contributed by atoms with E-state index in [2.05, 4.69) is 4.72 Å². The molecule has 146 valence electrons. The van der Waals surface area contributed by atoms with Crippen LogP contribution in [0, 0.1) is 6.92 Å². The van der Waals surface area contributed by atoms with E-state index in [1.165, 1.54) is 30.3 Å². The number of carbonyl (C=O) groups excluding carboxylic acids is 2. The lowest BCUT2D eigenvalue weighted by atomic mass is 10.1. The lowest BCUT2D eigenvalue weighted by Gasteiger charge is -2.18. The molecule has 2 rings (SSSR count). The fraction of sp³-hybridized carbons (Fsp3) is 0.333. The number of rotatable bonds is 8. The number of hydrogen-bond donors (Lipinski definition) is 1. The van der Waals surface area contributed by atoms with Crippen molar-refractivity contribution in [3.8, 4) is 0 Å². The first kappa shape index (κ1) is 20.7. The second-order valence-electron chi connectivity index (χ2n) is 5.85. The van der Waals surface area contributed by atoms with E-state index >= 15 is 0 Å². The van der Waals surface area contributed by atoms with Gasteiger partial charge in [0.1, 0.15) is 12.3 Å². The Labute approximate surface area is 158 Å². The summed E-state index contributed by atoms with van der Waals surface area (Å²) in [6, 6.07) is 7.57. The molecule has 0 saturated carbocycles. The third-order valence-electron chi connectivity index (χ3n) is 3.78. The number of furan rings is 1. The van der Waals surface area contributed by atoms with Gasteiger partial charge < -0.3 is 14.1 Å². The number of ether oxygens (including phenoxy) is 1. The molecule has 0 aliphatic rings. The average molecular weight is 394 g/mol. The second kappa shape index (κ2) is 8.83. The van der Waals surface area contributed by atoms with Crippen LogP contribution in [0.15, 0.2) is 45.9 Å². The van der Waals surface area contributed by atoms with Crippen LogP contribution < -0.4 is 4.72 Å². The van der Waals surface area contributed by atoms with Crippen molar-refractivity contribution in [2.24, 2.45) is 0 Å². The summed E-state index contributed by atoms with van der Waals surface area (Å²) in [5.74, 6) is -0.533. The summed E-state index contributed by atoms with van der Waals surface area (Å²) in [7, 11) is -2.39. The van der Waals surface area contributed by atoms with E-state index in [-0.39, 0.29) is 30.2 Å². The number of esters is 1. The van der Waals surface area contributed by atoms with Crippen LogP contribution in [0.4, 0.5) is 0 Å². The largest absolute Gasteiger partial charge is 0.468 e. The molecule has 2 aromatic rings. The number of nitrogens with one attached hydrogen (secondary N) is 1. The summed E-state index contributed by atoms with van der Waals surface area (Å²) < 4.78 is 37.3. The first-order chi connectivity index (χ1) is 12.7. The highest BCUT2D eigenvalue weighted by Gasteiger charge is 2.21. The Balaban J connectivity index is 2.19. The Hall–Kier alpha value is -2.65. The summed E-state index contributed by atoms with van der Waals surface area (Å²) in [5.41, 5.74) is 0.795. The molecule has 9 heteroatoms. The smallest absolute Gasteiger partial charge is 0.325 e. The van der Waals surface area contributed by atoms with Crippen molar-refractivity contribution in [2.75, 3.05) is 20.2 Å². The molecule has 0 saturated heterocycles. The molecule has 0 aliphatic carbocycles. The monoisotopic (exact) mass is 394 g/mol. The van der Waals surface area contributed by atoms with E-state index in [9.17, 15) is 18.0 Å². The fourth-order valence-electron chi connectivity index (χ4n) is 2.34. The normalized spacial score (nSPS) is 11.2. The van der Waals surface area contributed by atoms with E-state index in [4.69, 9.17) is 9.15 Å². The summed E-state index contributed by atoms with van der Waals surface area (Å²) in [6.07, 6.45) is 1.45. The van der Waals surface area contributed by atoms with Gasteiger partial charge in [0.05, 0.1) is 24.3 Å². The SMILES string of the molecule is CCOC(=O)CN(C)C(=O)c1cc(S(=O)(=O)NCc2ccco2)ccc1C. The van der Waals surface area contributed by atoms with Crippen LogP contribution in [-0.2, 0) is 26.1 Å². The lowest BCUT2D eigenvalue weighted by molar-refractivity contribution is -0.143. The summed E-state index contributed by atoms with van der Waals surface area (Å²) in [5, 5.41) is 0. The fourth-order valence-corrected chi connectivity index (χ4v) is 3.36. The zero-order chi connectivity index (χ0) is 20.0. The predicted molar refractivity (Wildman–Crippen MR) is 97.5 cm³/mol. The molecule has 0 unspecified atom stereocenters. The van der Waals surface area contributed by atoms with Gasteiger partial charge >= 0.3 is 5.97 Å². The number of benzene rings is 1. The molecule has 27 heavy (non-hydrogen) atoms. The van der Waals surface area contributed by atoms with Crippen molar-refractivity contribution in [3.63, 3.8) is 0 Å². The van der Waals surface area contributed by atoms with Crippen LogP contribution in [0.5, 0.6) is 0 Å². The summed E-state index contributed by atoms with van der Waals surface area (Å²) in [4.78, 5) is 25.3. The second-order valence-corrected chi connectivity index (χ2v) is 7.61. The minimum Gasteiger partial charge on any atom is -0.468 e. The number of aryl methyl sites for hydroxylation is 1. The molecular formula is C18H22N2O6S. The number of likely N-dealkylation sites (N-methyl/N-ethyl adjacent to an activating group) is 1. The van der Waals surface area contributed by atoms with E-state index in [0.717, 1.165) is 0 Å². The molecule has 0 radical (unpaired) electrons. The Morgan fingerprint density at radius 1 is 1.26 bits per heavy atom. The molecular weight excluding hydrogens is 372 g/mol. The van der Waals surface area contributed by atoms with Gasteiger partial charge in [-0.05, 0) is 43.7 Å². The number of amides is 1. The third-order valence-corrected chi connectivity index (χ3v) is 5.18. The highest BCUT2D eigenvalue weighted by molar-refractivity contribution is 7.89. The maximum Gasteiger partial charge on any atom is 0.325 e. The van der Waals surface area contributed by atoms with Crippen LogP contribution in [0.1, 0.15) is 28.6 Å². The minimum atomic E-state index is -3.84. The third kappa shape index (κ3) is 5.41. The Kier molecular flexibility index (Phi) is 6.75. The van der Waals surface area contributed by atoms with Gasteiger partial charge in [0, 0.05) is 12.6 Å². The number of nitrogens with zero attached hydrogens (tertiary/aromatic N) is 1. The summed E-state index contributed by atoms with van der Waals surface area (Å²) in [6.45, 7) is 3.36. The molecule has 0 atom stereocenters. The zero-order valence-corrected chi connectivity index (χ0v) is 16.2. The van der Waals surface area contributed by atoms with Crippen molar-refractivity contribution in [2.45, 2.75) is 25.3 Å². The maximum atomic E-state index is 12.6. The average Bonchev–Trinajstić information content (AvgIpc) is 3.13. The van der Waals surface area contributed by atoms with Gasteiger partial charge in [-0.2, -0.15) is 0 Å². The van der Waals surface area contributed by atoms with Gasteiger partial charge in [-0.25, -0.2) is 13.1 Å². The molecule has 1 heterocycles. The van der Waals surface area contributed by atoms with E-state index in [1.54, 1.807) is 32.0 Å². The first-order valence-electron chi connectivity index (χ1n) is 8.28. The van der Waals surface area contributed by atoms with E-state index in [0.29, 0.717) is 11.3 Å². The molecule has 1 aromatic carbocycles. The van der Waals surface area contributed by atoms with Gasteiger partial charge in [-0.3, -0.25) is 9.59 Å². The van der Waals surface area contributed by atoms with E-state index < -0.39 is 21.9 Å². The highest BCUT2D eigenvalue weighted by atomic mass is 32.2. The molecule has 1 aromatic heterocycles. The number of hydrogen-bond acceptors (Lipinski definition) is 6. The quantitative estimate of drug-likeness (QED) is 0.683. The Morgan fingerprint density at radius 2 is 2.00 bits per heavy atom. The molecule has 0 spiro atoms. The minimum absolute atomic E-state index is 0.00471. The first-order valence-corrected chi connectivity index (χ1v) is 9.76. The number of carbonyl (C=O) groups is 2. The van der Waals surface area contributed by atoms with Crippen molar-refractivity contribution in [1.82, 2.24) is 9.62 Å². The van der Waals surface area contributed by atoms with Gasteiger partial charge in [-0.15, -0.1) is 0 Å².